The zero-order valence-corrected chi connectivity index (χ0v) is 4.94. The fourth-order valence-electron chi connectivity index (χ4n) is 0.562. The van der Waals surface area contributed by atoms with Crippen LogP contribution in [0.25, 0.3) is 0 Å². The van der Waals surface area contributed by atoms with Crippen molar-refractivity contribution in [3.05, 3.63) is 18.8 Å². The maximum absolute atomic E-state index is 11.7. The van der Waals surface area contributed by atoms with Gasteiger partial charge in [0.15, 0.2) is 0 Å². The lowest BCUT2D eigenvalue weighted by Gasteiger charge is -2.02. The van der Waals surface area contributed by atoms with E-state index in [9.17, 15) is 13.2 Å². The van der Waals surface area contributed by atoms with Crippen LogP contribution in [0.2, 0.25) is 0 Å². The molecule has 0 aromatic heterocycles. The fourth-order valence-corrected chi connectivity index (χ4v) is 0.562. The minimum atomic E-state index is -4.29. The number of allylic oxidation sites excluding steroid dienone is 1. The molecule has 10 heavy (non-hydrogen) atoms. The third kappa shape index (κ3) is 1.36. The summed E-state index contributed by atoms with van der Waals surface area (Å²) in [6.07, 6.45) is -2.62. The number of alkyl halides is 3. The van der Waals surface area contributed by atoms with E-state index < -0.39 is 11.7 Å². The van der Waals surface area contributed by atoms with Gasteiger partial charge in [0.25, 0.3) is 0 Å². The summed E-state index contributed by atoms with van der Waals surface area (Å²) in [5.41, 5.74) is -0.738. The van der Waals surface area contributed by atoms with E-state index in [0.29, 0.717) is 0 Å². The molecule has 0 spiro atoms. The highest BCUT2D eigenvalue weighted by atomic mass is 19.4. The monoisotopic (exact) mass is 150 g/mol. The summed E-state index contributed by atoms with van der Waals surface area (Å²) in [5.74, 6) is 0. The van der Waals surface area contributed by atoms with Crippen LogP contribution >= 0.6 is 0 Å². The summed E-state index contributed by atoms with van der Waals surface area (Å²) in [6, 6.07) is 0. The van der Waals surface area contributed by atoms with Crippen LogP contribution in [0.1, 0.15) is 0 Å². The molecule has 1 atom stereocenters. The zero-order chi connectivity index (χ0) is 7.78. The molecule has 0 aromatic rings. The average molecular weight is 150 g/mol. The van der Waals surface area contributed by atoms with Gasteiger partial charge < -0.3 is 5.01 Å². The van der Waals surface area contributed by atoms with Crippen LogP contribution in [-0.4, -0.2) is 12.4 Å². The van der Waals surface area contributed by atoms with Gasteiger partial charge in [-0.1, -0.05) is 0 Å². The van der Waals surface area contributed by atoms with E-state index in [2.05, 4.69) is 12.1 Å². The van der Waals surface area contributed by atoms with Crippen molar-refractivity contribution in [3.8, 4) is 0 Å². The third-order valence-corrected chi connectivity index (χ3v) is 1.02. The first-order valence-corrected chi connectivity index (χ1v) is 2.52. The van der Waals surface area contributed by atoms with Gasteiger partial charge in [-0.15, -0.1) is 12.1 Å². The van der Waals surface area contributed by atoms with Gasteiger partial charge in [0.1, 0.15) is 11.8 Å². The van der Waals surface area contributed by atoms with E-state index >= 15 is 0 Å². The lowest BCUT2D eigenvalue weighted by molar-refractivity contribution is -0.801. The SMILES string of the molecule is [CH2-][NH+]1C=C(C(F)(F)F)C=N1. The van der Waals surface area contributed by atoms with Gasteiger partial charge in [-0.05, 0) is 0 Å². The number of nitrogens with zero attached hydrogens (tertiary/aromatic N) is 1. The Bertz CT molecular complexity index is 192. The Hall–Kier alpha value is -0.840. The lowest BCUT2D eigenvalue weighted by atomic mass is 10.3. The summed E-state index contributed by atoms with van der Waals surface area (Å²) in [5, 5.41) is 3.50. The van der Waals surface area contributed by atoms with Crippen LogP contribution in [0.5, 0.6) is 0 Å². The molecular weight excluding hydrogens is 145 g/mol. The first-order valence-electron chi connectivity index (χ1n) is 2.52. The van der Waals surface area contributed by atoms with Crippen molar-refractivity contribution in [2.75, 3.05) is 0 Å². The molecule has 1 rings (SSSR count). The largest absolute Gasteiger partial charge is 0.423 e. The van der Waals surface area contributed by atoms with Crippen LogP contribution < -0.4 is 5.01 Å². The van der Waals surface area contributed by atoms with Crippen molar-refractivity contribution in [1.29, 1.82) is 0 Å². The minimum Gasteiger partial charge on any atom is -0.312 e. The fraction of sp³-hybridized carbons (Fsp3) is 0.200. The number of halogens is 3. The molecule has 1 unspecified atom stereocenters. The summed E-state index contributed by atoms with van der Waals surface area (Å²) in [7, 11) is 3.24. The van der Waals surface area contributed by atoms with Crippen molar-refractivity contribution >= 4 is 6.21 Å². The molecule has 2 nitrogen and oxygen atoms in total. The van der Waals surface area contributed by atoms with E-state index in [1.54, 1.807) is 0 Å². The van der Waals surface area contributed by atoms with Gasteiger partial charge in [-0.25, -0.2) is 0 Å². The molecule has 0 aliphatic carbocycles. The van der Waals surface area contributed by atoms with Crippen LogP contribution in [-0.2, 0) is 0 Å². The third-order valence-electron chi connectivity index (χ3n) is 1.02. The van der Waals surface area contributed by atoms with Crippen LogP contribution in [0.4, 0.5) is 13.2 Å². The van der Waals surface area contributed by atoms with Crippen molar-refractivity contribution in [3.63, 3.8) is 0 Å². The molecule has 0 saturated carbocycles. The topological polar surface area (TPSA) is 16.8 Å². The Morgan fingerprint density at radius 1 is 1.50 bits per heavy atom. The highest BCUT2D eigenvalue weighted by Gasteiger charge is 2.36. The lowest BCUT2D eigenvalue weighted by Crippen LogP contribution is -2.95. The average Bonchev–Trinajstić information content (AvgIpc) is 2.11. The summed E-state index contributed by atoms with van der Waals surface area (Å²) in [4.78, 5) is 0. The zero-order valence-electron chi connectivity index (χ0n) is 4.94. The maximum atomic E-state index is 11.7. The molecule has 56 valence electrons. The summed E-state index contributed by atoms with van der Waals surface area (Å²) in [6.45, 7) is 0. The summed E-state index contributed by atoms with van der Waals surface area (Å²) < 4.78 is 35.2. The van der Waals surface area contributed by atoms with Crippen LogP contribution in [0, 0.1) is 7.05 Å². The van der Waals surface area contributed by atoms with Crippen molar-refractivity contribution in [2.45, 2.75) is 6.18 Å². The molecule has 0 bridgehead atoms. The van der Waals surface area contributed by atoms with Crippen molar-refractivity contribution < 1.29 is 18.2 Å². The van der Waals surface area contributed by atoms with Gasteiger partial charge in [0, 0.05) is 0 Å². The Kier molecular flexibility index (Phi) is 1.52. The van der Waals surface area contributed by atoms with Crippen molar-refractivity contribution in [2.24, 2.45) is 5.10 Å². The molecule has 1 aliphatic heterocycles. The van der Waals surface area contributed by atoms with E-state index in [1.165, 1.54) is 0 Å². The second kappa shape index (κ2) is 2.09. The Labute approximate surface area is 55.6 Å². The minimum absolute atomic E-state index is 0.146. The molecule has 1 aliphatic rings. The van der Waals surface area contributed by atoms with E-state index in [0.717, 1.165) is 12.4 Å². The molecule has 1 N–H and O–H groups in total. The predicted molar refractivity (Wildman–Crippen MR) is 28.9 cm³/mol. The number of rotatable bonds is 0. The molecule has 0 aromatic carbocycles. The molecule has 0 saturated heterocycles. The summed E-state index contributed by atoms with van der Waals surface area (Å²) >= 11 is 0. The second-order valence-corrected chi connectivity index (χ2v) is 1.85. The number of hydrogen-bond donors (Lipinski definition) is 1. The maximum Gasteiger partial charge on any atom is 0.423 e. The molecule has 1 heterocycles. The van der Waals surface area contributed by atoms with Gasteiger partial charge in [0.2, 0.25) is 0 Å². The highest BCUT2D eigenvalue weighted by Crippen LogP contribution is 2.23. The van der Waals surface area contributed by atoms with E-state index in [4.69, 9.17) is 0 Å². The molecular formula is C5H5F3N2. The second-order valence-electron chi connectivity index (χ2n) is 1.85. The first kappa shape index (κ1) is 7.27. The van der Waals surface area contributed by atoms with E-state index in [-0.39, 0.29) is 5.01 Å². The standard InChI is InChI=1S/C5H5F3N2/c1-10-3-4(2-9-10)5(6,7)8/h2-3,10H,1H2. The molecule has 5 heteroatoms. The van der Waals surface area contributed by atoms with Gasteiger partial charge in [-0.2, -0.15) is 13.2 Å². The van der Waals surface area contributed by atoms with E-state index in [1.807, 2.05) is 0 Å². The van der Waals surface area contributed by atoms with Crippen LogP contribution in [0.15, 0.2) is 16.9 Å². The molecule has 0 fully saturated rings. The number of hydrogen-bond acceptors (Lipinski definition) is 1. The quantitative estimate of drug-likeness (QED) is 0.472. The first-order chi connectivity index (χ1) is 4.50. The Balaban J connectivity index is 2.78. The Morgan fingerprint density at radius 3 is 2.30 bits per heavy atom. The normalized spacial score (nSPS) is 25.2. The van der Waals surface area contributed by atoms with Crippen LogP contribution in [0.3, 0.4) is 0 Å². The van der Waals surface area contributed by atoms with Crippen molar-refractivity contribution in [1.82, 2.24) is 0 Å². The van der Waals surface area contributed by atoms with Gasteiger partial charge >= 0.3 is 6.18 Å². The predicted octanol–water partition coefficient (Wildman–Crippen LogP) is 0.108. The van der Waals surface area contributed by atoms with Gasteiger partial charge in [-0.3, -0.25) is 0 Å². The molecule has 0 amide bonds. The molecule has 0 radical (unpaired) electrons. The Morgan fingerprint density at radius 2 is 2.10 bits per heavy atom. The number of quaternary nitrogens is 1. The number of nitrogens with one attached hydrogen (secondary N) is 1. The van der Waals surface area contributed by atoms with Gasteiger partial charge in [0.05, 0.1) is 6.21 Å². The highest BCUT2D eigenvalue weighted by molar-refractivity contribution is 5.80. The smallest absolute Gasteiger partial charge is 0.312 e.